The summed E-state index contributed by atoms with van der Waals surface area (Å²) in [7, 11) is 0. The Morgan fingerprint density at radius 3 is 2.48 bits per heavy atom. The smallest absolute Gasteiger partial charge is 0.170 e. The highest BCUT2D eigenvalue weighted by Gasteiger charge is 2.58. The van der Waals surface area contributed by atoms with E-state index in [2.05, 4.69) is 0 Å². The lowest BCUT2D eigenvalue weighted by atomic mass is 9.48. The van der Waals surface area contributed by atoms with Crippen LogP contribution in [-0.2, 0) is 11.2 Å². The SMILES string of the molecule is CCc1ccc(-c2ccc(Cl)cc2F)cc1C1=C(O)C2CC(C1=O)C2(C)C. The molecule has 1 N–H and O–H groups in total. The Labute approximate surface area is 163 Å². The van der Waals surface area contributed by atoms with Crippen LogP contribution < -0.4 is 0 Å². The van der Waals surface area contributed by atoms with Gasteiger partial charge < -0.3 is 5.11 Å². The zero-order valence-electron chi connectivity index (χ0n) is 15.6. The highest BCUT2D eigenvalue weighted by molar-refractivity contribution is 6.30. The van der Waals surface area contributed by atoms with Crippen molar-refractivity contribution in [1.82, 2.24) is 0 Å². The van der Waals surface area contributed by atoms with Crippen molar-refractivity contribution in [1.29, 1.82) is 0 Å². The zero-order chi connectivity index (χ0) is 19.5. The predicted octanol–water partition coefficient (Wildman–Crippen LogP) is 6.22. The number of halogens is 2. The summed E-state index contributed by atoms with van der Waals surface area (Å²) in [5.74, 6) is -0.265. The Kier molecular flexibility index (Phi) is 4.19. The number of rotatable bonds is 3. The second-order valence-corrected chi connectivity index (χ2v) is 8.57. The highest BCUT2D eigenvalue weighted by Crippen LogP contribution is 2.60. The predicted molar refractivity (Wildman–Crippen MR) is 106 cm³/mol. The van der Waals surface area contributed by atoms with Crippen molar-refractivity contribution >= 4 is 23.0 Å². The number of hydrogen-bond acceptors (Lipinski definition) is 2. The van der Waals surface area contributed by atoms with Gasteiger partial charge in [0.05, 0.1) is 5.57 Å². The van der Waals surface area contributed by atoms with Crippen molar-refractivity contribution < 1.29 is 14.3 Å². The maximum Gasteiger partial charge on any atom is 0.170 e. The summed E-state index contributed by atoms with van der Waals surface area (Å²) in [6, 6.07) is 10.2. The second kappa shape index (κ2) is 6.20. The van der Waals surface area contributed by atoms with Gasteiger partial charge in [0.15, 0.2) is 5.78 Å². The monoisotopic (exact) mass is 384 g/mol. The van der Waals surface area contributed by atoms with Gasteiger partial charge in [-0.1, -0.05) is 44.5 Å². The quantitative estimate of drug-likeness (QED) is 0.681. The molecule has 5 rings (SSSR count). The molecule has 2 nitrogen and oxygen atoms in total. The topological polar surface area (TPSA) is 37.3 Å². The molecule has 4 heteroatoms. The molecule has 0 aromatic heterocycles. The molecule has 2 bridgehead atoms. The maximum atomic E-state index is 14.4. The first-order chi connectivity index (χ1) is 12.8. The largest absolute Gasteiger partial charge is 0.511 e. The van der Waals surface area contributed by atoms with E-state index in [1.54, 1.807) is 12.1 Å². The summed E-state index contributed by atoms with van der Waals surface area (Å²) < 4.78 is 14.4. The molecule has 0 aliphatic heterocycles. The minimum atomic E-state index is -0.408. The van der Waals surface area contributed by atoms with Gasteiger partial charge in [-0.15, -0.1) is 0 Å². The van der Waals surface area contributed by atoms with Gasteiger partial charge in [0.25, 0.3) is 0 Å². The Bertz CT molecular complexity index is 990. The Morgan fingerprint density at radius 1 is 1.15 bits per heavy atom. The van der Waals surface area contributed by atoms with E-state index in [9.17, 15) is 14.3 Å². The number of aliphatic hydroxyl groups is 1. The summed E-state index contributed by atoms with van der Waals surface area (Å²) >= 11 is 5.87. The number of allylic oxidation sites excluding steroid dienone is 2. The van der Waals surface area contributed by atoms with Crippen LogP contribution in [-0.4, -0.2) is 10.9 Å². The van der Waals surface area contributed by atoms with E-state index in [4.69, 9.17) is 11.6 Å². The second-order valence-electron chi connectivity index (χ2n) is 8.14. The fourth-order valence-corrected chi connectivity index (χ4v) is 4.75. The van der Waals surface area contributed by atoms with Gasteiger partial charge in [-0.05, 0) is 59.2 Å². The number of benzene rings is 2. The number of carbonyl (C=O) groups excluding carboxylic acids is 1. The third-order valence-electron chi connectivity index (χ3n) is 6.42. The molecule has 0 heterocycles. The molecule has 2 unspecified atom stereocenters. The molecule has 2 aromatic rings. The third-order valence-corrected chi connectivity index (χ3v) is 6.65. The van der Waals surface area contributed by atoms with Crippen LogP contribution in [0.2, 0.25) is 5.02 Å². The summed E-state index contributed by atoms with van der Waals surface area (Å²) in [6.45, 7) is 6.09. The molecule has 3 aliphatic rings. The molecule has 0 amide bonds. The molecular weight excluding hydrogens is 363 g/mol. The van der Waals surface area contributed by atoms with Crippen LogP contribution in [0.4, 0.5) is 4.39 Å². The van der Waals surface area contributed by atoms with Gasteiger partial charge in [0.2, 0.25) is 0 Å². The molecule has 27 heavy (non-hydrogen) atoms. The van der Waals surface area contributed by atoms with Crippen LogP contribution in [0.5, 0.6) is 0 Å². The first-order valence-electron chi connectivity index (χ1n) is 9.31. The summed E-state index contributed by atoms with van der Waals surface area (Å²) in [5, 5.41) is 11.2. The lowest BCUT2D eigenvalue weighted by molar-refractivity contribution is -0.135. The van der Waals surface area contributed by atoms with Crippen molar-refractivity contribution in [3.8, 4) is 11.1 Å². The van der Waals surface area contributed by atoms with Gasteiger partial charge in [0, 0.05) is 22.4 Å². The summed E-state index contributed by atoms with van der Waals surface area (Å²) in [5.41, 5.74) is 3.01. The molecule has 2 atom stereocenters. The lowest BCUT2D eigenvalue weighted by Crippen LogP contribution is -2.53. The average Bonchev–Trinajstić information content (AvgIpc) is 2.60. The lowest BCUT2D eigenvalue weighted by Gasteiger charge is -2.54. The van der Waals surface area contributed by atoms with Crippen molar-refractivity contribution in [2.24, 2.45) is 17.3 Å². The van der Waals surface area contributed by atoms with Crippen LogP contribution in [0.1, 0.15) is 38.3 Å². The van der Waals surface area contributed by atoms with Crippen LogP contribution >= 0.6 is 11.6 Å². The van der Waals surface area contributed by atoms with E-state index in [-0.39, 0.29) is 28.8 Å². The van der Waals surface area contributed by atoms with Gasteiger partial charge in [0.1, 0.15) is 11.6 Å². The number of aryl methyl sites for hydroxylation is 1. The average molecular weight is 385 g/mol. The fourth-order valence-electron chi connectivity index (χ4n) is 4.59. The number of aliphatic hydroxyl groups excluding tert-OH is 1. The Balaban J connectivity index is 1.88. The molecular formula is C23H22ClFO2. The van der Waals surface area contributed by atoms with Crippen LogP contribution in [0.25, 0.3) is 16.7 Å². The molecule has 3 aliphatic carbocycles. The summed E-state index contributed by atoms with van der Waals surface area (Å²) in [4.78, 5) is 13.1. The van der Waals surface area contributed by atoms with Crippen LogP contribution in [0.15, 0.2) is 42.2 Å². The Morgan fingerprint density at radius 2 is 1.89 bits per heavy atom. The van der Waals surface area contributed by atoms with Crippen molar-refractivity contribution in [3.05, 3.63) is 64.1 Å². The normalized spacial score (nSPS) is 23.4. The first kappa shape index (κ1) is 18.2. The Hall–Kier alpha value is -2.13. The van der Waals surface area contributed by atoms with Crippen molar-refractivity contribution in [2.45, 2.75) is 33.6 Å². The molecule has 1 saturated carbocycles. The standard InChI is InChI=1S/C23H22ClFO2/c1-4-12-5-6-13(15-8-7-14(24)10-19(15)25)9-16(12)20-21(26)17-11-18(22(20)27)23(17,2)3/h5-10,17-18,26H,4,11H2,1-3H3. The molecule has 140 valence electrons. The maximum absolute atomic E-state index is 14.4. The van der Waals surface area contributed by atoms with E-state index in [0.29, 0.717) is 28.1 Å². The zero-order valence-corrected chi connectivity index (χ0v) is 16.4. The highest BCUT2D eigenvalue weighted by atomic mass is 35.5. The number of Topliss-reactive ketones (excluding diaryl/α,β-unsaturated/α-hetero) is 1. The minimum absolute atomic E-state index is 0.00317. The molecule has 0 spiro atoms. The molecule has 1 fully saturated rings. The number of fused-ring (bicyclic) bond motifs is 1. The molecule has 0 saturated heterocycles. The van der Waals surface area contributed by atoms with Gasteiger partial charge in [-0.2, -0.15) is 0 Å². The summed E-state index contributed by atoms with van der Waals surface area (Å²) in [6.07, 6.45) is 1.44. The number of ketones is 1. The molecule has 0 radical (unpaired) electrons. The van der Waals surface area contributed by atoms with Gasteiger partial charge in [-0.25, -0.2) is 4.39 Å². The van der Waals surface area contributed by atoms with Gasteiger partial charge >= 0.3 is 0 Å². The van der Waals surface area contributed by atoms with E-state index in [0.717, 1.165) is 17.5 Å². The minimum Gasteiger partial charge on any atom is -0.511 e. The van der Waals surface area contributed by atoms with E-state index in [1.807, 2.05) is 39.0 Å². The fraction of sp³-hybridized carbons (Fsp3) is 0.348. The number of carbonyl (C=O) groups is 1. The molecule has 2 aromatic carbocycles. The van der Waals surface area contributed by atoms with Crippen molar-refractivity contribution in [2.75, 3.05) is 0 Å². The third kappa shape index (κ3) is 2.63. The van der Waals surface area contributed by atoms with E-state index in [1.165, 1.54) is 6.07 Å². The van der Waals surface area contributed by atoms with Crippen molar-refractivity contribution in [3.63, 3.8) is 0 Å². The van der Waals surface area contributed by atoms with Crippen LogP contribution in [0.3, 0.4) is 0 Å². The van der Waals surface area contributed by atoms with E-state index < -0.39 is 5.82 Å². The van der Waals surface area contributed by atoms with Crippen LogP contribution in [0, 0.1) is 23.1 Å². The first-order valence-corrected chi connectivity index (χ1v) is 9.69. The van der Waals surface area contributed by atoms with E-state index >= 15 is 0 Å². The number of hydrogen-bond donors (Lipinski definition) is 1. The van der Waals surface area contributed by atoms with Gasteiger partial charge in [-0.3, -0.25) is 4.79 Å².